The Labute approximate surface area is 106 Å². The average molecular weight is 280 g/mol. The van der Waals surface area contributed by atoms with Gasteiger partial charge in [-0.2, -0.15) is 0 Å². The molecule has 0 aliphatic heterocycles. The van der Waals surface area contributed by atoms with Crippen molar-refractivity contribution >= 4 is 28.9 Å². The Morgan fingerprint density at radius 2 is 2.31 bits per heavy atom. The normalized spacial score (nSPS) is 15.0. The van der Waals surface area contributed by atoms with Gasteiger partial charge >= 0.3 is 5.69 Å². The summed E-state index contributed by atoms with van der Waals surface area (Å²) in [6.07, 6.45) is 3.37. The van der Waals surface area contributed by atoms with Crippen LogP contribution in [0.3, 0.4) is 0 Å². The molecule has 0 spiro atoms. The highest BCUT2D eigenvalue weighted by atomic mass is 32.9. The Bertz CT molecular complexity index is 343. The standard InChI is InChI=1S/C9H17N2O2PS2/c1-4-12-14(15,16-8-9(2)3)13-11-7-5-6-10-11/h5-7,9H,4,8H2,1-3H3. The highest BCUT2D eigenvalue weighted by molar-refractivity contribution is 8.68. The molecule has 1 heterocycles. The van der Waals surface area contributed by atoms with Gasteiger partial charge in [-0.1, -0.05) is 30.1 Å². The fraction of sp³-hybridized carbons (Fsp3) is 0.667. The van der Waals surface area contributed by atoms with Crippen LogP contribution in [0, 0.1) is 5.92 Å². The third-order valence-corrected chi connectivity index (χ3v) is 6.97. The summed E-state index contributed by atoms with van der Waals surface area (Å²) in [4.78, 5) is 1.38. The van der Waals surface area contributed by atoms with E-state index in [-0.39, 0.29) is 0 Å². The van der Waals surface area contributed by atoms with Crippen molar-refractivity contribution in [2.24, 2.45) is 5.92 Å². The van der Waals surface area contributed by atoms with Gasteiger partial charge < -0.3 is 9.15 Å². The van der Waals surface area contributed by atoms with E-state index in [0.29, 0.717) is 12.5 Å². The van der Waals surface area contributed by atoms with Gasteiger partial charge in [0, 0.05) is 5.75 Å². The highest BCUT2D eigenvalue weighted by Crippen LogP contribution is 2.58. The molecule has 1 rings (SSSR count). The van der Waals surface area contributed by atoms with Crippen LogP contribution in [0.5, 0.6) is 0 Å². The summed E-state index contributed by atoms with van der Waals surface area (Å²) < 4.78 is 11.2. The van der Waals surface area contributed by atoms with Crippen LogP contribution in [0.15, 0.2) is 18.5 Å². The minimum atomic E-state index is -2.31. The molecular formula is C9H17N2O2PS2. The van der Waals surface area contributed by atoms with Crippen molar-refractivity contribution in [1.82, 2.24) is 9.94 Å². The SMILES string of the molecule is CCOP(=S)(On1cccn1)SCC(C)C. The van der Waals surface area contributed by atoms with E-state index in [9.17, 15) is 0 Å². The maximum absolute atomic E-state index is 5.60. The van der Waals surface area contributed by atoms with E-state index in [2.05, 4.69) is 18.9 Å². The smallest absolute Gasteiger partial charge is 0.321 e. The molecule has 0 fully saturated rings. The van der Waals surface area contributed by atoms with Gasteiger partial charge in [0.2, 0.25) is 0 Å². The first-order chi connectivity index (χ1) is 7.56. The second-order valence-corrected chi connectivity index (χ2v) is 9.80. The van der Waals surface area contributed by atoms with Gasteiger partial charge in [-0.25, -0.2) is 0 Å². The highest BCUT2D eigenvalue weighted by Gasteiger charge is 2.22. The van der Waals surface area contributed by atoms with Crippen LogP contribution in [0.1, 0.15) is 20.8 Å². The van der Waals surface area contributed by atoms with E-state index in [1.165, 1.54) is 4.85 Å². The fourth-order valence-electron chi connectivity index (χ4n) is 0.888. The Morgan fingerprint density at radius 1 is 1.56 bits per heavy atom. The zero-order chi connectivity index (χ0) is 12.0. The lowest BCUT2D eigenvalue weighted by Crippen LogP contribution is -2.10. The molecule has 0 N–H and O–H groups in total. The molecule has 1 unspecified atom stereocenters. The third kappa shape index (κ3) is 4.87. The third-order valence-electron chi connectivity index (χ3n) is 1.52. The van der Waals surface area contributed by atoms with Gasteiger partial charge in [0.05, 0.1) is 19.0 Å². The summed E-state index contributed by atoms with van der Waals surface area (Å²) >= 11 is 7.01. The van der Waals surface area contributed by atoms with Crippen molar-refractivity contribution in [2.45, 2.75) is 20.8 Å². The van der Waals surface area contributed by atoms with Crippen LogP contribution in [0.2, 0.25) is 0 Å². The number of rotatable bonds is 7. The molecule has 1 aromatic rings. The minimum Gasteiger partial charge on any atom is -0.331 e. The van der Waals surface area contributed by atoms with Crippen molar-refractivity contribution in [1.29, 1.82) is 0 Å². The van der Waals surface area contributed by atoms with E-state index in [0.717, 1.165) is 5.75 Å². The van der Waals surface area contributed by atoms with E-state index < -0.39 is 5.69 Å². The zero-order valence-corrected chi connectivity index (χ0v) is 12.2. The molecule has 1 aromatic heterocycles. The van der Waals surface area contributed by atoms with Crippen LogP contribution in [-0.4, -0.2) is 22.3 Å². The number of nitrogens with zero attached hydrogens (tertiary/aromatic N) is 2. The zero-order valence-electron chi connectivity index (χ0n) is 9.70. The second kappa shape index (κ2) is 6.64. The molecular weight excluding hydrogens is 263 g/mol. The van der Waals surface area contributed by atoms with Gasteiger partial charge in [-0.15, -0.1) is 5.10 Å². The number of aromatic nitrogens is 2. The molecule has 0 aromatic carbocycles. The van der Waals surface area contributed by atoms with Crippen LogP contribution < -0.4 is 4.62 Å². The van der Waals surface area contributed by atoms with Crippen LogP contribution in [0.4, 0.5) is 0 Å². The molecule has 0 saturated heterocycles. The molecule has 0 amide bonds. The van der Waals surface area contributed by atoms with Gasteiger partial charge in [0.25, 0.3) is 0 Å². The van der Waals surface area contributed by atoms with Crippen molar-refractivity contribution in [3.63, 3.8) is 0 Å². The minimum absolute atomic E-state index is 0.559. The predicted molar refractivity (Wildman–Crippen MR) is 72.0 cm³/mol. The Hall–Kier alpha value is -0.0300. The van der Waals surface area contributed by atoms with Gasteiger partial charge in [-0.3, -0.25) is 0 Å². The molecule has 0 bridgehead atoms. The van der Waals surface area contributed by atoms with Crippen LogP contribution in [0.25, 0.3) is 0 Å². The summed E-state index contributed by atoms with van der Waals surface area (Å²) in [5, 5.41) is 3.97. The van der Waals surface area contributed by atoms with Crippen molar-refractivity contribution in [3.8, 4) is 0 Å². The first kappa shape index (κ1) is 14.0. The van der Waals surface area contributed by atoms with Gasteiger partial charge in [-0.05, 0) is 30.7 Å². The van der Waals surface area contributed by atoms with E-state index >= 15 is 0 Å². The Morgan fingerprint density at radius 3 is 2.81 bits per heavy atom. The largest absolute Gasteiger partial charge is 0.331 e. The topological polar surface area (TPSA) is 36.3 Å². The van der Waals surface area contributed by atoms with E-state index in [1.807, 2.05) is 6.92 Å². The van der Waals surface area contributed by atoms with E-state index in [4.69, 9.17) is 21.0 Å². The van der Waals surface area contributed by atoms with Crippen molar-refractivity contribution in [3.05, 3.63) is 18.5 Å². The molecule has 92 valence electrons. The summed E-state index contributed by atoms with van der Waals surface area (Å²) in [5.41, 5.74) is -2.31. The molecule has 0 aliphatic rings. The van der Waals surface area contributed by atoms with Crippen molar-refractivity contribution in [2.75, 3.05) is 12.4 Å². The van der Waals surface area contributed by atoms with Crippen LogP contribution >= 0.6 is 17.1 Å². The first-order valence-corrected chi connectivity index (χ1v) is 9.37. The van der Waals surface area contributed by atoms with E-state index in [1.54, 1.807) is 29.8 Å². The van der Waals surface area contributed by atoms with Gasteiger partial charge in [0.15, 0.2) is 0 Å². The summed E-state index contributed by atoms with van der Waals surface area (Å²) in [6, 6.07) is 1.79. The number of hydrogen-bond acceptors (Lipinski definition) is 5. The lowest BCUT2D eigenvalue weighted by Gasteiger charge is -2.20. The molecule has 0 aliphatic carbocycles. The molecule has 16 heavy (non-hydrogen) atoms. The molecule has 0 radical (unpaired) electrons. The van der Waals surface area contributed by atoms with Crippen LogP contribution in [-0.2, 0) is 16.3 Å². The predicted octanol–water partition coefficient (Wildman–Crippen LogP) is 2.96. The lowest BCUT2D eigenvalue weighted by molar-refractivity contribution is 0.214. The van der Waals surface area contributed by atoms with Crippen molar-refractivity contribution < 1.29 is 9.15 Å². The summed E-state index contributed by atoms with van der Waals surface area (Å²) in [6.45, 7) is 6.77. The Balaban J connectivity index is 2.61. The molecule has 0 saturated carbocycles. The fourth-order valence-corrected chi connectivity index (χ4v) is 5.55. The molecule has 4 nitrogen and oxygen atoms in total. The monoisotopic (exact) mass is 280 g/mol. The summed E-state index contributed by atoms with van der Waals surface area (Å²) in [7, 11) is 0. The average Bonchev–Trinajstić information content (AvgIpc) is 2.68. The first-order valence-electron chi connectivity index (χ1n) is 5.14. The molecule has 7 heteroatoms. The second-order valence-electron chi connectivity index (χ2n) is 3.54. The molecule has 1 atom stereocenters. The lowest BCUT2D eigenvalue weighted by atomic mass is 10.3. The van der Waals surface area contributed by atoms with Gasteiger partial charge in [0.1, 0.15) is 0 Å². The maximum Gasteiger partial charge on any atom is 0.321 e. The Kier molecular flexibility index (Phi) is 5.83. The number of hydrogen-bond donors (Lipinski definition) is 0. The maximum atomic E-state index is 5.60. The summed E-state index contributed by atoms with van der Waals surface area (Å²) in [5.74, 6) is 1.49. The quantitative estimate of drug-likeness (QED) is 0.718.